The molecule has 0 N–H and O–H groups in total. The fourth-order valence-electron chi connectivity index (χ4n) is 0.437. The third-order valence-electron chi connectivity index (χ3n) is 1.46. The van der Waals surface area contributed by atoms with Crippen LogP contribution in [0.2, 0.25) is 0 Å². The Bertz CT molecular complexity index is 48.5. The summed E-state index contributed by atoms with van der Waals surface area (Å²) in [7, 11) is 2.14. The predicted octanol–water partition coefficient (Wildman–Crippen LogP) is 1.65. The number of hydrogen-bond donors (Lipinski definition) is 0. The molecule has 0 aliphatic carbocycles. The second kappa shape index (κ2) is 4.21. The van der Waals surface area contributed by atoms with E-state index in [1.165, 1.54) is 0 Å². The molecule has 0 aromatic carbocycles. The minimum atomic E-state index is 0.667. The average molecular weight is 133 g/mol. The largest absolute Gasteiger partial charge is 0.295 e. The van der Waals surface area contributed by atoms with Gasteiger partial charge in [0, 0.05) is 0 Å². The van der Waals surface area contributed by atoms with Crippen molar-refractivity contribution in [3.63, 3.8) is 0 Å². The Morgan fingerprint density at radius 2 is 2.12 bits per heavy atom. The smallest absolute Gasteiger partial charge is 0.0523 e. The fourth-order valence-corrected chi connectivity index (χ4v) is 0.946. The molecule has 0 rings (SSSR count). The molecule has 1 unspecified atom stereocenters. The third-order valence-corrected chi connectivity index (χ3v) is 2.50. The van der Waals surface area contributed by atoms with E-state index in [-0.39, 0.29) is 0 Å². The van der Waals surface area contributed by atoms with Gasteiger partial charge in [-0.05, 0) is 26.8 Å². The molecule has 1 nitrogen and oxygen atoms in total. The molecular formula is C6H15NS. The third kappa shape index (κ3) is 2.58. The van der Waals surface area contributed by atoms with Gasteiger partial charge in [0.05, 0.1) is 5.37 Å². The lowest BCUT2D eigenvalue weighted by Crippen LogP contribution is -2.25. The lowest BCUT2D eigenvalue weighted by Gasteiger charge is -2.20. The number of rotatable bonds is 3. The Kier molecular flexibility index (Phi) is 4.38. The van der Waals surface area contributed by atoms with Gasteiger partial charge >= 0.3 is 0 Å². The molecule has 8 heavy (non-hydrogen) atoms. The van der Waals surface area contributed by atoms with Crippen molar-refractivity contribution in [1.82, 2.24) is 4.90 Å². The van der Waals surface area contributed by atoms with Crippen LogP contribution in [-0.2, 0) is 0 Å². The molecule has 0 bridgehead atoms. The molecule has 0 amide bonds. The summed E-state index contributed by atoms with van der Waals surface area (Å²) in [6.07, 6.45) is 2.14. The van der Waals surface area contributed by atoms with Crippen molar-refractivity contribution in [1.29, 1.82) is 0 Å². The summed E-state index contributed by atoms with van der Waals surface area (Å²) in [4.78, 5) is 2.31. The molecule has 50 valence electrons. The van der Waals surface area contributed by atoms with Gasteiger partial charge in [-0.3, -0.25) is 4.90 Å². The van der Waals surface area contributed by atoms with Crippen molar-refractivity contribution in [2.24, 2.45) is 0 Å². The van der Waals surface area contributed by atoms with Gasteiger partial charge in [-0.2, -0.15) is 0 Å². The van der Waals surface area contributed by atoms with Crippen LogP contribution in [-0.4, -0.2) is 30.1 Å². The van der Waals surface area contributed by atoms with Gasteiger partial charge in [-0.1, -0.05) is 6.92 Å². The molecule has 0 saturated carbocycles. The Hall–Kier alpha value is 0.310. The van der Waals surface area contributed by atoms with Gasteiger partial charge in [0.25, 0.3) is 0 Å². The topological polar surface area (TPSA) is 3.24 Å². The van der Waals surface area contributed by atoms with Gasteiger partial charge in [-0.15, -0.1) is 11.8 Å². The lowest BCUT2D eigenvalue weighted by molar-refractivity contribution is 0.347. The van der Waals surface area contributed by atoms with Crippen LogP contribution in [0.1, 0.15) is 13.8 Å². The van der Waals surface area contributed by atoms with E-state index < -0.39 is 0 Å². The molecule has 0 radical (unpaired) electrons. The normalized spacial score (nSPS) is 14.6. The van der Waals surface area contributed by atoms with Crippen molar-refractivity contribution in [2.45, 2.75) is 19.2 Å². The molecule has 0 aliphatic rings. The number of thioether (sulfide) groups is 1. The molecule has 0 fully saturated rings. The first kappa shape index (κ1) is 8.31. The zero-order valence-electron chi connectivity index (χ0n) is 6.14. The Balaban J connectivity index is 3.29. The van der Waals surface area contributed by atoms with Crippen LogP contribution in [0.3, 0.4) is 0 Å². The monoisotopic (exact) mass is 133 g/mol. The SMILES string of the molecule is CCN(C)C(C)SC. The first-order valence-corrected chi connectivity index (χ1v) is 4.24. The quantitative estimate of drug-likeness (QED) is 0.538. The number of hydrogen-bond acceptors (Lipinski definition) is 2. The first-order chi connectivity index (χ1) is 3.72. The minimum absolute atomic E-state index is 0.667. The molecule has 2 heteroatoms. The van der Waals surface area contributed by atoms with E-state index >= 15 is 0 Å². The van der Waals surface area contributed by atoms with Crippen LogP contribution in [0.4, 0.5) is 0 Å². The summed E-state index contributed by atoms with van der Waals surface area (Å²) < 4.78 is 0. The molecule has 0 spiro atoms. The zero-order valence-corrected chi connectivity index (χ0v) is 6.96. The Labute approximate surface area is 56.4 Å². The van der Waals surface area contributed by atoms with Gasteiger partial charge in [0.15, 0.2) is 0 Å². The fraction of sp³-hybridized carbons (Fsp3) is 1.00. The highest BCUT2D eigenvalue weighted by Gasteiger charge is 2.01. The molecule has 0 aliphatic heterocycles. The summed E-state index contributed by atoms with van der Waals surface area (Å²) in [5.41, 5.74) is 0. The van der Waals surface area contributed by atoms with Crippen LogP contribution < -0.4 is 0 Å². The van der Waals surface area contributed by atoms with Crippen LogP contribution >= 0.6 is 11.8 Å². The maximum absolute atomic E-state index is 2.31. The van der Waals surface area contributed by atoms with E-state index in [1.807, 2.05) is 11.8 Å². The van der Waals surface area contributed by atoms with E-state index in [2.05, 4.69) is 32.1 Å². The predicted molar refractivity (Wildman–Crippen MR) is 41.3 cm³/mol. The first-order valence-electron chi connectivity index (χ1n) is 2.95. The van der Waals surface area contributed by atoms with Crippen LogP contribution in [0.15, 0.2) is 0 Å². The van der Waals surface area contributed by atoms with Crippen LogP contribution in [0.5, 0.6) is 0 Å². The molecule has 0 aromatic heterocycles. The van der Waals surface area contributed by atoms with Crippen molar-refractivity contribution in [3.05, 3.63) is 0 Å². The zero-order chi connectivity index (χ0) is 6.57. The summed E-state index contributed by atoms with van der Waals surface area (Å²) in [5, 5.41) is 0.667. The van der Waals surface area contributed by atoms with E-state index in [9.17, 15) is 0 Å². The second-order valence-electron chi connectivity index (χ2n) is 1.91. The van der Waals surface area contributed by atoms with E-state index in [0.717, 1.165) is 6.54 Å². The van der Waals surface area contributed by atoms with Crippen molar-refractivity contribution in [3.8, 4) is 0 Å². The molecule has 0 heterocycles. The summed E-state index contributed by atoms with van der Waals surface area (Å²) >= 11 is 1.88. The molecule has 0 saturated heterocycles. The Morgan fingerprint density at radius 1 is 1.62 bits per heavy atom. The second-order valence-corrected chi connectivity index (χ2v) is 3.06. The Morgan fingerprint density at radius 3 is 2.25 bits per heavy atom. The summed E-state index contributed by atoms with van der Waals surface area (Å²) in [6.45, 7) is 5.53. The van der Waals surface area contributed by atoms with Gasteiger partial charge in [0.2, 0.25) is 0 Å². The van der Waals surface area contributed by atoms with E-state index in [0.29, 0.717) is 5.37 Å². The average Bonchev–Trinajstić information content (AvgIpc) is 1.84. The highest BCUT2D eigenvalue weighted by molar-refractivity contribution is 7.99. The van der Waals surface area contributed by atoms with Crippen LogP contribution in [0, 0.1) is 0 Å². The van der Waals surface area contributed by atoms with E-state index in [1.54, 1.807) is 0 Å². The maximum Gasteiger partial charge on any atom is 0.0523 e. The molecule has 1 atom stereocenters. The number of nitrogens with zero attached hydrogens (tertiary/aromatic N) is 1. The minimum Gasteiger partial charge on any atom is -0.295 e. The van der Waals surface area contributed by atoms with Gasteiger partial charge in [0.1, 0.15) is 0 Å². The highest BCUT2D eigenvalue weighted by atomic mass is 32.2. The van der Waals surface area contributed by atoms with E-state index in [4.69, 9.17) is 0 Å². The van der Waals surface area contributed by atoms with Crippen molar-refractivity contribution in [2.75, 3.05) is 19.8 Å². The molecular weight excluding hydrogens is 118 g/mol. The van der Waals surface area contributed by atoms with Gasteiger partial charge < -0.3 is 0 Å². The highest BCUT2D eigenvalue weighted by Crippen LogP contribution is 2.07. The summed E-state index contributed by atoms with van der Waals surface area (Å²) in [5.74, 6) is 0. The van der Waals surface area contributed by atoms with Gasteiger partial charge in [-0.25, -0.2) is 0 Å². The maximum atomic E-state index is 2.31. The van der Waals surface area contributed by atoms with Crippen molar-refractivity contribution < 1.29 is 0 Å². The molecule has 0 aromatic rings. The lowest BCUT2D eigenvalue weighted by atomic mass is 10.6. The van der Waals surface area contributed by atoms with Crippen molar-refractivity contribution >= 4 is 11.8 Å². The standard InChI is InChI=1S/C6H15NS/c1-5-7(3)6(2)8-4/h6H,5H2,1-4H3. The van der Waals surface area contributed by atoms with Crippen LogP contribution in [0.25, 0.3) is 0 Å². The summed E-state index contributed by atoms with van der Waals surface area (Å²) in [6, 6.07) is 0.